The minimum absolute atomic E-state index is 0.269. The number of carbonyl (C=O) groups is 1. The second-order valence-corrected chi connectivity index (χ2v) is 5.40. The van der Waals surface area contributed by atoms with Gasteiger partial charge >= 0.3 is 5.97 Å². The summed E-state index contributed by atoms with van der Waals surface area (Å²) in [7, 11) is 0. The molecule has 0 aliphatic carbocycles. The Hall–Kier alpha value is -0.960. The van der Waals surface area contributed by atoms with Crippen molar-refractivity contribution >= 4 is 17.7 Å². The smallest absolute Gasteiger partial charge is 0.316 e. The normalized spacial score (nSPS) is 12.4. The number of rotatable bonds is 7. The Balaban J connectivity index is 2.52. The Kier molecular flexibility index (Phi) is 6.12. The van der Waals surface area contributed by atoms with Crippen molar-refractivity contribution in [3.63, 3.8) is 0 Å². The molecule has 0 aliphatic rings. The number of thioether (sulfide) groups is 1. The molecule has 94 valence electrons. The number of carboxylic acids is 1. The molecule has 0 spiro atoms. The number of hydrogen-bond acceptors (Lipinski definition) is 2. The van der Waals surface area contributed by atoms with Gasteiger partial charge in [0.2, 0.25) is 0 Å². The van der Waals surface area contributed by atoms with Crippen molar-refractivity contribution in [3.05, 3.63) is 35.4 Å². The third-order valence-electron chi connectivity index (χ3n) is 2.80. The van der Waals surface area contributed by atoms with Crippen LogP contribution >= 0.6 is 11.8 Å². The van der Waals surface area contributed by atoms with E-state index in [-0.39, 0.29) is 5.25 Å². The van der Waals surface area contributed by atoms with E-state index in [0.29, 0.717) is 0 Å². The SMILES string of the molecule is CCCCC(SCc1ccccc1C)C(=O)O. The minimum atomic E-state index is -0.683. The molecule has 0 aliphatic heterocycles. The molecule has 0 aromatic heterocycles. The molecular formula is C14H20O2S. The Morgan fingerprint density at radius 2 is 2.12 bits per heavy atom. The fourth-order valence-electron chi connectivity index (χ4n) is 1.63. The van der Waals surface area contributed by atoms with Crippen LogP contribution in [0.2, 0.25) is 0 Å². The Labute approximate surface area is 107 Å². The molecule has 0 saturated carbocycles. The maximum absolute atomic E-state index is 11.1. The molecule has 0 saturated heterocycles. The summed E-state index contributed by atoms with van der Waals surface area (Å²) in [5.41, 5.74) is 2.47. The summed E-state index contributed by atoms with van der Waals surface area (Å²) >= 11 is 1.54. The molecule has 1 rings (SSSR count). The zero-order valence-corrected chi connectivity index (χ0v) is 11.3. The maximum atomic E-state index is 11.1. The van der Waals surface area contributed by atoms with Gasteiger partial charge in [-0.3, -0.25) is 4.79 Å². The van der Waals surface area contributed by atoms with E-state index >= 15 is 0 Å². The monoisotopic (exact) mass is 252 g/mol. The van der Waals surface area contributed by atoms with Gasteiger partial charge in [0.1, 0.15) is 5.25 Å². The van der Waals surface area contributed by atoms with Crippen molar-refractivity contribution < 1.29 is 9.90 Å². The van der Waals surface area contributed by atoms with E-state index in [1.54, 1.807) is 0 Å². The van der Waals surface area contributed by atoms with Crippen LogP contribution in [0.4, 0.5) is 0 Å². The van der Waals surface area contributed by atoms with Crippen LogP contribution in [-0.4, -0.2) is 16.3 Å². The Morgan fingerprint density at radius 3 is 2.71 bits per heavy atom. The molecule has 0 bridgehead atoms. The molecule has 0 radical (unpaired) electrons. The molecule has 1 aromatic carbocycles. The molecule has 1 N–H and O–H groups in total. The zero-order chi connectivity index (χ0) is 12.7. The van der Waals surface area contributed by atoms with Crippen molar-refractivity contribution in [2.45, 2.75) is 44.1 Å². The average molecular weight is 252 g/mol. The number of benzene rings is 1. The van der Waals surface area contributed by atoms with Gasteiger partial charge in [0.25, 0.3) is 0 Å². The lowest BCUT2D eigenvalue weighted by Gasteiger charge is -2.12. The van der Waals surface area contributed by atoms with Gasteiger partial charge in [-0.25, -0.2) is 0 Å². The largest absolute Gasteiger partial charge is 0.480 e. The average Bonchev–Trinajstić information content (AvgIpc) is 2.31. The van der Waals surface area contributed by atoms with Gasteiger partial charge in [0.05, 0.1) is 0 Å². The van der Waals surface area contributed by atoms with E-state index in [4.69, 9.17) is 5.11 Å². The molecule has 2 nitrogen and oxygen atoms in total. The van der Waals surface area contributed by atoms with Gasteiger partial charge < -0.3 is 5.11 Å². The van der Waals surface area contributed by atoms with Gasteiger partial charge in [0.15, 0.2) is 0 Å². The fraction of sp³-hybridized carbons (Fsp3) is 0.500. The highest BCUT2D eigenvalue weighted by atomic mass is 32.2. The van der Waals surface area contributed by atoms with E-state index in [2.05, 4.69) is 26.0 Å². The van der Waals surface area contributed by atoms with Crippen LogP contribution in [-0.2, 0) is 10.5 Å². The Bertz CT molecular complexity index is 363. The van der Waals surface area contributed by atoms with Gasteiger partial charge in [-0.1, -0.05) is 44.0 Å². The van der Waals surface area contributed by atoms with Gasteiger partial charge in [0, 0.05) is 5.75 Å². The third kappa shape index (κ3) is 4.82. The first-order chi connectivity index (χ1) is 8.15. The predicted octanol–water partition coefficient (Wildman–Crippen LogP) is 3.87. The zero-order valence-electron chi connectivity index (χ0n) is 10.5. The van der Waals surface area contributed by atoms with E-state index in [1.165, 1.54) is 22.9 Å². The number of carboxylic acid groups (broad SMARTS) is 1. The van der Waals surface area contributed by atoms with Gasteiger partial charge in [-0.05, 0) is 24.5 Å². The highest BCUT2D eigenvalue weighted by Gasteiger charge is 2.17. The van der Waals surface area contributed by atoms with Crippen LogP contribution in [0, 0.1) is 6.92 Å². The van der Waals surface area contributed by atoms with Gasteiger partial charge in [-0.2, -0.15) is 0 Å². The topological polar surface area (TPSA) is 37.3 Å². The second-order valence-electron chi connectivity index (χ2n) is 4.21. The highest BCUT2D eigenvalue weighted by molar-refractivity contribution is 7.99. The first kappa shape index (κ1) is 14.1. The van der Waals surface area contributed by atoms with Crippen LogP contribution < -0.4 is 0 Å². The van der Waals surface area contributed by atoms with Crippen molar-refractivity contribution in [2.24, 2.45) is 0 Å². The molecule has 1 aromatic rings. The summed E-state index contributed by atoms with van der Waals surface area (Å²) in [4.78, 5) is 11.1. The summed E-state index contributed by atoms with van der Waals surface area (Å²) in [5, 5.41) is 8.86. The van der Waals surface area contributed by atoms with E-state index in [9.17, 15) is 4.79 Å². The van der Waals surface area contributed by atoms with E-state index in [1.807, 2.05) is 12.1 Å². The first-order valence-electron chi connectivity index (χ1n) is 6.04. The maximum Gasteiger partial charge on any atom is 0.316 e. The molecular weight excluding hydrogens is 232 g/mol. The summed E-state index contributed by atoms with van der Waals surface area (Å²) in [6, 6.07) is 8.15. The Morgan fingerprint density at radius 1 is 1.41 bits per heavy atom. The second kappa shape index (κ2) is 7.38. The summed E-state index contributed by atoms with van der Waals surface area (Å²) in [6.07, 6.45) is 2.80. The number of hydrogen-bond donors (Lipinski definition) is 1. The summed E-state index contributed by atoms with van der Waals surface area (Å²) in [5.74, 6) is 0.102. The van der Waals surface area contributed by atoms with E-state index < -0.39 is 5.97 Å². The predicted molar refractivity (Wildman–Crippen MR) is 73.4 cm³/mol. The molecule has 1 unspecified atom stereocenters. The van der Waals surface area contributed by atoms with Gasteiger partial charge in [-0.15, -0.1) is 11.8 Å². The van der Waals surface area contributed by atoms with Crippen molar-refractivity contribution in [1.29, 1.82) is 0 Å². The van der Waals surface area contributed by atoms with Crippen LogP contribution in [0.5, 0.6) is 0 Å². The van der Waals surface area contributed by atoms with Crippen molar-refractivity contribution in [2.75, 3.05) is 0 Å². The standard InChI is InChI=1S/C14H20O2S/c1-3-4-9-13(14(15)16)17-10-12-8-6-5-7-11(12)2/h5-8,13H,3-4,9-10H2,1-2H3,(H,15,16). The molecule has 1 atom stereocenters. The van der Waals surface area contributed by atoms with Crippen molar-refractivity contribution in [3.8, 4) is 0 Å². The molecule has 3 heteroatoms. The third-order valence-corrected chi connectivity index (χ3v) is 4.11. The molecule has 0 amide bonds. The minimum Gasteiger partial charge on any atom is -0.480 e. The quantitative estimate of drug-likeness (QED) is 0.800. The van der Waals surface area contributed by atoms with Crippen LogP contribution in [0.1, 0.15) is 37.3 Å². The van der Waals surface area contributed by atoms with Crippen LogP contribution in [0.25, 0.3) is 0 Å². The molecule has 0 heterocycles. The summed E-state index contributed by atoms with van der Waals surface area (Å²) in [6.45, 7) is 4.16. The lowest BCUT2D eigenvalue weighted by atomic mass is 10.1. The fourth-order valence-corrected chi connectivity index (χ4v) is 2.81. The lowest BCUT2D eigenvalue weighted by molar-refractivity contribution is -0.136. The van der Waals surface area contributed by atoms with Crippen LogP contribution in [0.15, 0.2) is 24.3 Å². The number of aryl methyl sites for hydroxylation is 1. The lowest BCUT2D eigenvalue weighted by Crippen LogP contribution is -2.16. The van der Waals surface area contributed by atoms with Crippen molar-refractivity contribution in [1.82, 2.24) is 0 Å². The van der Waals surface area contributed by atoms with Crippen LogP contribution in [0.3, 0.4) is 0 Å². The highest BCUT2D eigenvalue weighted by Crippen LogP contribution is 2.23. The summed E-state index contributed by atoms with van der Waals surface area (Å²) < 4.78 is 0. The number of unbranched alkanes of at least 4 members (excludes halogenated alkanes) is 1. The first-order valence-corrected chi connectivity index (χ1v) is 7.09. The molecule has 0 fully saturated rings. The van der Waals surface area contributed by atoms with E-state index in [0.717, 1.165) is 25.0 Å². The molecule has 17 heavy (non-hydrogen) atoms. The number of aliphatic carboxylic acids is 1.